The van der Waals surface area contributed by atoms with Gasteiger partial charge in [-0.1, -0.05) is 6.92 Å². The van der Waals surface area contributed by atoms with Gasteiger partial charge in [-0.2, -0.15) is 0 Å². The van der Waals surface area contributed by atoms with Gasteiger partial charge in [0.25, 0.3) is 0 Å². The highest BCUT2D eigenvalue weighted by Crippen LogP contribution is 2.23. The second-order valence-electron chi connectivity index (χ2n) is 3.66. The van der Waals surface area contributed by atoms with Crippen molar-refractivity contribution in [2.75, 3.05) is 0 Å². The van der Waals surface area contributed by atoms with Crippen molar-refractivity contribution in [3.8, 4) is 0 Å². The number of carbonyl (C=O) groups is 1. The first-order valence-electron chi connectivity index (χ1n) is 4.84. The number of nitrogens with zero attached hydrogens (tertiary/aromatic N) is 1. The van der Waals surface area contributed by atoms with Gasteiger partial charge in [0, 0.05) is 12.0 Å². The Morgan fingerprint density at radius 3 is 3.06 bits per heavy atom. The Balaban J connectivity index is 2.35. The lowest BCUT2D eigenvalue weighted by atomic mass is 10.1. The fraction of sp³-hybridized carbons (Fsp3) is 0.273. The van der Waals surface area contributed by atoms with Crippen molar-refractivity contribution in [1.29, 1.82) is 0 Å². The SMILES string of the molecule is CC(CC(=O)O)c1nc2ccc(F)cc2o1. The third kappa shape index (κ3) is 2.03. The number of hydrogen-bond donors (Lipinski definition) is 1. The molecule has 4 nitrogen and oxygen atoms in total. The van der Waals surface area contributed by atoms with Gasteiger partial charge in [0.1, 0.15) is 11.3 Å². The van der Waals surface area contributed by atoms with E-state index in [-0.39, 0.29) is 12.3 Å². The summed E-state index contributed by atoms with van der Waals surface area (Å²) in [7, 11) is 0. The average molecular weight is 223 g/mol. The van der Waals surface area contributed by atoms with Crippen molar-refractivity contribution in [3.05, 3.63) is 29.9 Å². The van der Waals surface area contributed by atoms with Crippen LogP contribution in [0, 0.1) is 5.82 Å². The molecule has 1 aromatic carbocycles. The van der Waals surface area contributed by atoms with Crippen LogP contribution in [0.4, 0.5) is 4.39 Å². The highest BCUT2D eigenvalue weighted by atomic mass is 19.1. The number of carboxylic acids is 1. The highest BCUT2D eigenvalue weighted by molar-refractivity contribution is 5.73. The van der Waals surface area contributed by atoms with Crippen molar-refractivity contribution >= 4 is 17.1 Å². The molecule has 1 N–H and O–H groups in total. The minimum atomic E-state index is -0.916. The van der Waals surface area contributed by atoms with E-state index in [4.69, 9.17) is 9.52 Å². The maximum Gasteiger partial charge on any atom is 0.304 e. The van der Waals surface area contributed by atoms with Gasteiger partial charge in [0.15, 0.2) is 11.5 Å². The number of hydrogen-bond acceptors (Lipinski definition) is 3. The first-order valence-corrected chi connectivity index (χ1v) is 4.84. The molecule has 0 amide bonds. The molecule has 1 unspecified atom stereocenters. The number of aliphatic carboxylic acids is 1. The van der Waals surface area contributed by atoms with Crippen molar-refractivity contribution < 1.29 is 18.7 Å². The van der Waals surface area contributed by atoms with Gasteiger partial charge < -0.3 is 9.52 Å². The summed E-state index contributed by atoms with van der Waals surface area (Å²) >= 11 is 0. The zero-order chi connectivity index (χ0) is 11.7. The van der Waals surface area contributed by atoms with Crippen molar-refractivity contribution in [2.24, 2.45) is 0 Å². The molecule has 2 aromatic rings. The molecular formula is C11H10FNO3. The molecule has 2 rings (SSSR count). The van der Waals surface area contributed by atoms with Crippen molar-refractivity contribution in [3.63, 3.8) is 0 Å². The Labute approximate surface area is 90.7 Å². The first kappa shape index (κ1) is 10.6. The van der Waals surface area contributed by atoms with Crippen LogP contribution in [-0.2, 0) is 4.79 Å². The van der Waals surface area contributed by atoms with E-state index in [1.807, 2.05) is 0 Å². The van der Waals surface area contributed by atoms with E-state index in [0.717, 1.165) is 0 Å². The van der Waals surface area contributed by atoms with Crippen molar-refractivity contribution in [1.82, 2.24) is 4.98 Å². The lowest BCUT2D eigenvalue weighted by molar-refractivity contribution is -0.137. The molecule has 0 fully saturated rings. The van der Waals surface area contributed by atoms with Crippen molar-refractivity contribution in [2.45, 2.75) is 19.3 Å². The Morgan fingerprint density at radius 2 is 2.38 bits per heavy atom. The van der Waals surface area contributed by atoms with E-state index in [2.05, 4.69) is 4.98 Å². The predicted molar refractivity (Wildman–Crippen MR) is 54.6 cm³/mol. The van der Waals surface area contributed by atoms with Crippen LogP contribution in [0.3, 0.4) is 0 Å². The number of carboxylic acid groups (broad SMARTS) is 1. The summed E-state index contributed by atoms with van der Waals surface area (Å²) in [6.07, 6.45) is -0.0602. The van der Waals surface area contributed by atoms with E-state index < -0.39 is 11.8 Å². The van der Waals surface area contributed by atoms with Gasteiger partial charge in [0.05, 0.1) is 6.42 Å². The molecular weight excluding hydrogens is 213 g/mol. The fourth-order valence-corrected chi connectivity index (χ4v) is 1.48. The van der Waals surface area contributed by atoms with E-state index in [0.29, 0.717) is 17.0 Å². The Bertz CT molecular complexity index is 535. The van der Waals surface area contributed by atoms with Gasteiger partial charge in [0.2, 0.25) is 0 Å². The molecule has 0 spiro atoms. The zero-order valence-electron chi connectivity index (χ0n) is 8.61. The first-order chi connectivity index (χ1) is 7.56. The third-order valence-corrected chi connectivity index (χ3v) is 2.27. The molecule has 5 heteroatoms. The number of oxazole rings is 1. The van der Waals surface area contributed by atoms with Crippen LogP contribution in [0.25, 0.3) is 11.1 Å². The average Bonchev–Trinajstić information content (AvgIpc) is 2.59. The minimum Gasteiger partial charge on any atom is -0.481 e. The summed E-state index contributed by atoms with van der Waals surface area (Å²) in [5.74, 6) is -1.32. The Hall–Kier alpha value is -1.91. The maximum atomic E-state index is 12.9. The topological polar surface area (TPSA) is 63.3 Å². The van der Waals surface area contributed by atoms with E-state index in [9.17, 15) is 9.18 Å². The van der Waals surface area contributed by atoms with Gasteiger partial charge in [-0.15, -0.1) is 0 Å². The second-order valence-corrected chi connectivity index (χ2v) is 3.66. The van der Waals surface area contributed by atoms with Gasteiger partial charge >= 0.3 is 5.97 Å². The Morgan fingerprint density at radius 1 is 1.62 bits per heavy atom. The van der Waals surface area contributed by atoms with E-state index in [1.165, 1.54) is 18.2 Å². The monoisotopic (exact) mass is 223 g/mol. The molecule has 1 heterocycles. The second kappa shape index (κ2) is 3.92. The predicted octanol–water partition coefficient (Wildman–Crippen LogP) is 2.55. The summed E-state index contributed by atoms with van der Waals surface area (Å²) in [5, 5.41) is 8.63. The number of halogens is 1. The van der Waals surface area contributed by atoms with Gasteiger partial charge in [-0.3, -0.25) is 4.79 Å². The fourth-order valence-electron chi connectivity index (χ4n) is 1.48. The number of benzene rings is 1. The number of fused-ring (bicyclic) bond motifs is 1. The smallest absolute Gasteiger partial charge is 0.304 e. The molecule has 0 aliphatic carbocycles. The molecule has 0 aliphatic rings. The van der Waals surface area contributed by atoms with Crippen LogP contribution in [0.1, 0.15) is 25.2 Å². The molecule has 0 aliphatic heterocycles. The molecule has 1 aromatic heterocycles. The molecule has 0 bridgehead atoms. The molecule has 1 atom stereocenters. The number of aromatic nitrogens is 1. The standard InChI is InChI=1S/C11H10FNO3/c1-6(4-10(14)15)11-13-8-3-2-7(12)5-9(8)16-11/h2-3,5-6H,4H2,1H3,(H,14,15). The molecule has 0 saturated carbocycles. The molecule has 84 valence electrons. The van der Waals surface area contributed by atoms with E-state index in [1.54, 1.807) is 6.92 Å². The summed E-state index contributed by atoms with van der Waals surface area (Å²) in [6.45, 7) is 1.70. The lowest BCUT2D eigenvalue weighted by Gasteiger charge is -2.01. The lowest BCUT2D eigenvalue weighted by Crippen LogP contribution is -2.02. The minimum absolute atomic E-state index is 0.0602. The van der Waals surface area contributed by atoms with Crippen LogP contribution < -0.4 is 0 Å². The van der Waals surface area contributed by atoms with Crippen LogP contribution in [-0.4, -0.2) is 16.1 Å². The van der Waals surface area contributed by atoms with Crippen LogP contribution >= 0.6 is 0 Å². The molecule has 16 heavy (non-hydrogen) atoms. The third-order valence-electron chi connectivity index (χ3n) is 2.27. The van der Waals surface area contributed by atoms with Crippen LogP contribution in [0.5, 0.6) is 0 Å². The van der Waals surface area contributed by atoms with Gasteiger partial charge in [-0.05, 0) is 12.1 Å². The molecule has 0 saturated heterocycles. The van der Waals surface area contributed by atoms with Gasteiger partial charge in [-0.25, -0.2) is 9.37 Å². The normalized spacial score (nSPS) is 12.9. The molecule has 0 radical (unpaired) electrons. The number of rotatable bonds is 3. The highest BCUT2D eigenvalue weighted by Gasteiger charge is 2.16. The van der Waals surface area contributed by atoms with Crippen LogP contribution in [0.15, 0.2) is 22.6 Å². The summed E-state index contributed by atoms with van der Waals surface area (Å²) < 4.78 is 18.2. The van der Waals surface area contributed by atoms with Crippen LogP contribution in [0.2, 0.25) is 0 Å². The summed E-state index contributed by atoms with van der Waals surface area (Å²) in [6, 6.07) is 4.03. The quantitative estimate of drug-likeness (QED) is 0.868. The summed E-state index contributed by atoms with van der Waals surface area (Å²) in [5.41, 5.74) is 0.876. The zero-order valence-corrected chi connectivity index (χ0v) is 8.61. The largest absolute Gasteiger partial charge is 0.481 e. The van der Waals surface area contributed by atoms with E-state index >= 15 is 0 Å². The Kier molecular flexibility index (Phi) is 2.60. The maximum absolute atomic E-state index is 12.9. The summed E-state index contributed by atoms with van der Waals surface area (Å²) in [4.78, 5) is 14.6.